The summed E-state index contributed by atoms with van der Waals surface area (Å²) in [5.74, 6) is 0.392. The number of piperidine rings is 1. The van der Waals surface area contributed by atoms with Crippen molar-refractivity contribution in [1.29, 1.82) is 0 Å². The van der Waals surface area contributed by atoms with Gasteiger partial charge in [0.2, 0.25) is 0 Å². The number of halogens is 3. The molecule has 2 aliphatic rings. The zero-order valence-corrected chi connectivity index (χ0v) is 19.0. The van der Waals surface area contributed by atoms with Crippen LogP contribution in [0.4, 0.5) is 13.2 Å². The molecule has 2 fully saturated rings. The molecule has 0 saturated carbocycles. The molecule has 178 valence electrons. The second-order valence-corrected chi connectivity index (χ2v) is 8.81. The molecule has 5 nitrogen and oxygen atoms in total. The molecule has 0 aromatic heterocycles. The van der Waals surface area contributed by atoms with E-state index < -0.39 is 17.3 Å². The number of ether oxygens (including phenoxy) is 3. The highest BCUT2D eigenvalue weighted by atomic mass is 19.4. The van der Waals surface area contributed by atoms with Gasteiger partial charge >= 0.3 is 6.18 Å². The smallest absolute Gasteiger partial charge is 0.416 e. The Kier molecular flexibility index (Phi) is 6.42. The van der Waals surface area contributed by atoms with Gasteiger partial charge in [-0.2, -0.15) is 13.2 Å². The summed E-state index contributed by atoms with van der Waals surface area (Å²) in [5.41, 5.74) is 2.39. The van der Waals surface area contributed by atoms with E-state index in [1.165, 1.54) is 12.1 Å². The maximum atomic E-state index is 13.3. The first-order valence-corrected chi connectivity index (χ1v) is 11.0. The predicted molar refractivity (Wildman–Crippen MR) is 116 cm³/mol. The van der Waals surface area contributed by atoms with Crippen LogP contribution < -0.4 is 4.74 Å². The summed E-state index contributed by atoms with van der Waals surface area (Å²) >= 11 is 0. The summed E-state index contributed by atoms with van der Waals surface area (Å²) in [6.45, 7) is 5.94. The largest absolute Gasteiger partial charge is 0.490 e. The Labute approximate surface area is 191 Å². The lowest BCUT2D eigenvalue weighted by Gasteiger charge is -2.41. The van der Waals surface area contributed by atoms with E-state index in [1.807, 2.05) is 30.9 Å². The molecule has 0 aliphatic carbocycles. The number of carbonyl (C=O) groups excluding carboxylic acids is 1. The maximum absolute atomic E-state index is 13.3. The van der Waals surface area contributed by atoms with Gasteiger partial charge in [0, 0.05) is 38.6 Å². The summed E-state index contributed by atoms with van der Waals surface area (Å²) < 4.78 is 55.1. The third kappa shape index (κ3) is 4.73. The first-order chi connectivity index (χ1) is 15.6. The Balaban J connectivity index is 1.38. The van der Waals surface area contributed by atoms with E-state index in [2.05, 4.69) is 0 Å². The highest BCUT2D eigenvalue weighted by Crippen LogP contribution is 2.36. The molecule has 0 atom stereocenters. The minimum atomic E-state index is -4.37. The highest BCUT2D eigenvalue weighted by molar-refractivity contribution is 5.97. The van der Waals surface area contributed by atoms with E-state index in [0.717, 1.165) is 28.8 Å². The van der Waals surface area contributed by atoms with Crippen LogP contribution in [0.1, 0.15) is 45.5 Å². The zero-order valence-electron chi connectivity index (χ0n) is 19.0. The van der Waals surface area contributed by atoms with Gasteiger partial charge in [-0.05, 0) is 54.8 Å². The van der Waals surface area contributed by atoms with Crippen molar-refractivity contribution < 1.29 is 32.2 Å². The van der Waals surface area contributed by atoms with Crippen LogP contribution in [0.3, 0.4) is 0 Å². The molecule has 2 aromatic carbocycles. The van der Waals surface area contributed by atoms with Gasteiger partial charge in [-0.15, -0.1) is 0 Å². The van der Waals surface area contributed by atoms with Crippen LogP contribution >= 0.6 is 0 Å². The summed E-state index contributed by atoms with van der Waals surface area (Å²) in [7, 11) is 1.67. The van der Waals surface area contributed by atoms with Crippen LogP contribution in [-0.2, 0) is 21.3 Å². The Bertz CT molecular complexity index is 979. The molecule has 8 heteroatoms. The molecule has 0 unspecified atom stereocenters. The monoisotopic (exact) mass is 463 g/mol. The highest BCUT2D eigenvalue weighted by Gasteiger charge is 2.41. The number of amides is 1. The van der Waals surface area contributed by atoms with Gasteiger partial charge in [-0.3, -0.25) is 4.79 Å². The van der Waals surface area contributed by atoms with E-state index in [9.17, 15) is 18.0 Å². The van der Waals surface area contributed by atoms with Gasteiger partial charge in [0.15, 0.2) is 0 Å². The quantitative estimate of drug-likeness (QED) is 0.634. The molecule has 0 bridgehead atoms. The van der Waals surface area contributed by atoms with Crippen molar-refractivity contribution in [3.05, 3.63) is 64.2 Å². The van der Waals surface area contributed by atoms with E-state index >= 15 is 0 Å². The molecule has 1 amide bonds. The van der Waals surface area contributed by atoms with E-state index in [1.54, 1.807) is 7.11 Å². The van der Waals surface area contributed by atoms with Crippen molar-refractivity contribution in [2.75, 3.05) is 33.4 Å². The molecular weight excluding hydrogens is 435 g/mol. The lowest BCUT2D eigenvalue weighted by molar-refractivity contribution is -0.202. The average molecular weight is 463 g/mol. The molecule has 0 N–H and O–H groups in total. The Morgan fingerprint density at radius 1 is 1.06 bits per heavy atom. The topological polar surface area (TPSA) is 48.0 Å². The van der Waals surface area contributed by atoms with Crippen LogP contribution in [0, 0.1) is 13.8 Å². The van der Waals surface area contributed by atoms with E-state index in [0.29, 0.717) is 50.5 Å². The number of nitrogens with zero attached hydrogens (tertiary/aromatic N) is 1. The van der Waals surface area contributed by atoms with Crippen molar-refractivity contribution in [1.82, 2.24) is 4.90 Å². The van der Waals surface area contributed by atoms with Crippen LogP contribution in [0.2, 0.25) is 0 Å². The van der Waals surface area contributed by atoms with Crippen LogP contribution in [0.5, 0.6) is 5.75 Å². The summed E-state index contributed by atoms with van der Waals surface area (Å²) in [6.07, 6.45) is -3.27. The minimum Gasteiger partial charge on any atom is -0.490 e. The Morgan fingerprint density at radius 2 is 1.64 bits per heavy atom. The fourth-order valence-corrected chi connectivity index (χ4v) is 4.50. The normalized spacial score (nSPS) is 18.7. The van der Waals surface area contributed by atoms with E-state index in [-0.39, 0.29) is 12.0 Å². The third-order valence-corrected chi connectivity index (χ3v) is 6.55. The van der Waals surface area contributed by atoms with Gasteiger partial charge in [0.25, 0.3) is 5.91 Å². The van der Waals surface area contributed by atoms with Crippen molar-refractivity contribution in [3.8, 4) is 5.75 Å². The summed E-state index contributed by atoms with van der Waals surface area (Å²) in [6, 6.07) is 8.74. The SMILES string of the molecule is COC1(c2cc(C)c(C(=O)N3CCC(Oc4ccc(C(F)(F)F)cc4)CC3)c(C)c2)COC1. The van der Waals surface area contributed by atoms with E-state index in [4.69, 9.17) is 14.2 Å². The number of hydrogen-bond acceptors (Lipinski definition) is 4. The lowest BCUT2D eigenvalue weighted by atomic mass is 9.87. The third-order valence-electron chi connectivity index (χ3n) is 6.55. The van der Waals surface area contributed by atoms with Gasteiger partial charge in [-0.25, -0.2) is 0 Å². The zero-order chi connectivity index (χ0) is 23.8. The maximum Gasteiger partial charge on any atom is 0.416 e. The molecular formula is C25H28F3NO4. The number of likely N-dealkylation sites (tertiary alicyclic amines) is 1. The second-order valence-electron chi connectivity index (χ2n) is 8.81. The predicted octanol–water partition coefficient (Wildman–Crippen LogP) is 4.88. The fraction of sp³-hybridized carbons (Fsp3) is 0.480. The number of benzene rings is 2. The minimum absolute atomic E-state index is 0.0131. The van der Waals surface area contributed by atoms with Crippen molar-refractivity contribution >= 4 is 5.91 Å². The number of hydrogen-bond donors (Lipinski definition) is 0. The standard InChI is InChI=1S/C25H28F3NO4/c1-16-12-19(24(31-3)14-32-15-24)13-17(2)22(16)23(30)29-10-8-21(9-11-29)33-20-6-4-18(5-7-20)25(26,27)28/h4-7,12-13,21H,8-11,14-15H2,1-3H3. The molecule has 2 saturated heterocycles. The first kappa shape index (κ1) is 23.6. The van der Waals surface area contributed by atoms with Gasteiger partial charge < -0.3 is 19.1 Å². The molecule has 4 rings (SSSR count). The molecule has 2 heterocycles. The van der Waals surface area contributed by atoms with Crippen molar-refractivity contribution in [3.63, 3.8) is 0 Å². The Morgan fingerprint density at radius 3 is 2.09 bits per heavy atom. The van der Waals surface area contributed by atoms with Gasteiger partial charge in [0.1, 0.15) is 17.5 Å². The van der Waals surface area contributed by atoms with Gasteiger partial charge in [0.05, 0.1) is 18.8 Å². The number of methoxy groups -OCH3 is 1. The Hall–Kier alpha value is -2.58. The molecule has 33 heavy (non-hydrogen) atoms. The number of rotatable bonds is 5. The average Bonchev–Trinajstić information content (AvgIpc) is 2.73. The van der Waals surface area contributed by atoms with Crippen LogP contribution in [0.25, 0.3) is 0 Å². The van der Waals surface area contributed by atoms with Crippen molar-refractivity contribution in [2.45, 2.75) is 44.6 Å². The lowest BCUT2D eigenvalue weighted by Crippen LogP contribution is -2.48. The second kappa shape index (κ2) is 8.99. The van der Waals surface area contributed by atoms with Crippen molar-refractivity contribution in [2.24, 2.45) is 0 Å². The fourth-order valence-electron chi connectivity index (χ4n) is 4.50. The molecule has 0 radical (unpaired) electrons. The number of aryl methyl sites for hydroxylation is 2. The molecule has 2 aromatic rings. The summed E-state index contributed by atoms with van der Waals surface area (Å²) in [4.78, 5) is 15.1. The van der Waals surface area contributed by atoms with Crippen LogP contribution in [-0.4, -0.2) is 50.3 Å². The number of carbonyl (C=O) groups is 1. The molecule has 2 aliphatic heterocycles. The molecule has 0 spiro atoms. The first-order valence-electron chi connectivity index (χ1n) is 11.0. The van der Waals surface area contributed by atoms with Crippen LogP contribution in [0.15, 0.2) is 36.4 Å². The summed E-state index contributed by atoms with van der Waals surface area (Å²) in [5, 5.41) is 0. The van der Waals surface area contributed by atoms with Gasteiger partial charge in [-0.1, -0.05) is 12.1 Å². The number of alkyl halides is 3.